The number of nitro groups is 2. The summed E-state index contributed by atoms with van der Waals surface area (Å²) >= 11 is 3.11. The predicted octanol–water partition coefficient (Wildman–Crippen LogP) is -2.97. The van der Waals surface area contributed by atoms with E-state index < -0.39 is 9.85 Å². The van der Waals surface area contributed by atoms with E-state index in [1.807, 2.05) is 18.3 Å². The second kappa shape index (κ2) is 31.3. The van der Waals surface area contributed by atoms with Gasteiger partial charge in [0.1, 0.15) is 5.82 Å². The predicted molar refractivity (Wildman–Crippen MR) is 224 cm³/mol. The molecule has 3 aromatic heterocycles. The van der Waals surface area contributed by atoms with E-state index >= 15 is 0 Å². The number of halogens is 1. The van der Waals surface area contributed by atoms with Crippen LogP contribution >= 0.6 is 15.9 Å². The molecule has 330 valence electrons. The molecule has 19 nitrogen and oxygen atoms in total. The molecule has 0 radical (unpaired) electrons. The van der Waals surface area contributed by atoms with Gasteiger partial charge >= 0.3 is 114 Å². The molecule has 6 bridgehead atoms. The number of aromatic nitrogens is 3. The van der Waals surface area contributed by atoms with E-state index in [9.17, 15) is 20.2 Å². The quantitative estimate of drug-likeness (QED) is 0.0650. The molecule has 0 atom stereocenters. The van der Waals surface area contributed by atoms with Crippen molar-refractivity contribution in [3.8, 4) is 0 Å². The average molecular weight is 1060 g/mol. The number of hydrogen-bond acceptors (Lipinski definition) is 17. The van der Waals surface area contributed by atoms with Crippen molar-refractivity contribution in [1.29, 1.82) is 0 Å². The Morgan fingerprint density at radius 1 is 0.689 bits per heavy atom. The molecule has 0 spiro atoms. The first-order valence-electron chi connectivity index (χ1n) is 19.4. The number of fused-ring (bicyclic) bond motifs is 12. The number of nitrogens with two attached hydrogens (primary N) is 1. The maximum Gasteiger partial charge on any atom is 1.00 e. The molecule has 0 unspecified atom stereocenters. The van der Waals surface area contributed by atoms with Crippen LogP contribution < -0.4 is 129 Å². The van der Waals surface area contributed by atoms with Gasteiger partial charge in [-0.1, -0.05) is 0 Å². The van der Waals surface area contributed by atoms with Crippen LogP contribution in [0.15, 0.2) is 59.5 Å². The van der Waals surface area contributed by atoms with Gasteiger partial charge in [0.2, 0.25) is 0 Å². The SMILES string of the molecule is C1CN2CCC(CC2)N1.Nc1ccc(N2CCN3CCC2CC3)cn1.O=CO[O-].O=[N+]([O-])c1ccc(Br)cn1.O=[N+]([O-])c1ccc(N2CCN3CCC2CC3)cn1.[CH3-].[H-].[K+].[K+].[Pd]. The third-order valence-electron chi connectivity index (χ3n) is 11.1. The van der Waals surface area contributed by atoms with Gasteiger partial charge in [0.25, 0.3) is 6.47 Å². The third kappa shape index (κ3) is 19.4. The second-order valence-corrected chi connectivity index (χ2v) is 15.4. The molecule has 12 rings (SSSR count). The zero-order valence-corrected chi connectivity index (χ0v) is 44.7. The monoisotopic (exact) mass is 1060 g/mol. The van der Waals surface area contributed by atoms with Gasteiger partial charge in [-0.25, -0.2) is 4.98 Å². The van der Waals surface area contributed by atoms with Crippen molar-refractivity contribution < 1.29 is 149 Å². The Labute approximate surface area is 467 Å². The largest absolute Gasteiger partial charge is 1.00 e. The summed E-state index contributed by atoms with van der Waals surface area (Å²) in [4.78, 5) is 55.0. The Balaban J connectivity index is 0.000000780. The topological polar surface area (TPSA) is 229 Å². The van der Waals surface area contributed by atoms with Crippen molar-refractivity contribution in [1.82, 2.24) is 35.0 Å². The number of carbonyl (C=O) groups is 1. The molecule has 9 aliphatic heterocycles. The van der Waals surface area contributed by atoms with E-state index in [1.54, 1.807) is 12.3 Å². The number of nitrogens with one attached hydrogen (secondary N) is 1. The van der Waals surface area contributed by atoms with Gasteiger partial charge in [0, 0.05) is 116 Å². The fourth-order valence-electron chi connectivity index (χ4n) is 7.94. The number of rotatable bonds is 5. The van der Waals surface area contributed by atoms with Crippen LogP contribution in [-0.4, -0.2) is 143 Å². The maximum absolute atomic E-state index is 10.6. The molecule has 9 saturated heterocycles. The molecule has 0 amide bonds. The minimum atomic E-state index is -0.535. The van der Waals surface area contributed by atoms with Crippen LogP contribution in [0.1, 0.15) is 40.0 Å². The third-order valence-corrected chi connectivity index (χ3v) is 11.5. The summed E-state index contributed by atoms with van der Waals surface area (Å²) in [6, 6.07) is 12.3. The van der Waals surface area contributed by atoms with E-state index in [0.29, 0.717) is 17.9 Å². The van der Waals surface area contributed by atoms with Crippen molar-refractivity contribution in [3.63, 3.8) is 0 Å². The molecule has 3 N–H and O–H groups in total. The molecule has 23 heteroatoms. The van der Waals surface area contributed by atoms with E-state index in [2.05, 4.69) is 71.7 Å². The summed E-state index contributed by atoms with van der Waals surface area (Å²) < 4.78 is 0.734. The number of anilines is 3. The van der Waals surface area contributed by atoms with Gasteiger partial charge in [-0.3, -0.25) is 4.79 Å². The van der Waals surface area contributed by atoms with Crippen LogP contribution in [0.5, 0.6) is 0 Å². The molecule has 0 aliphatic carbocycles. The number of pyridine rings is 3. The maximum atomic E-state index is 10.6. The van der Waals surface area contributed by atoms with Crippen molar-refractivity contribution in [2.24, 2.45) is 0 Å². The molecule has 0 saturated carbocycles. The minimum Gasteiger partial charge on any atom is -1.00 e. The van der Waals surface area contributed by atoms with Crippen LogP contribution in [0.3, 0.4) is 0 Å². The summed E-state index contributed by atoms with van der Waals surface area (Å²) in [5, 5.41) is 32.6. The molecule has 9 fully saturated rings. The van der Waals surface area contributed by atoms with E-state index in [0.717, 1.165) is 35.8 Å². The fraction of sp³-hybridized carbons (Fsp3) is 0.553. The second-order valence-electron chi connectivity index (χ2n) is 14.5. The molecule has 9 aliphatic rings. The number of nitrogens with zero attached hydrogens (tertiary/aromatic N) is 10. The Bertz CT molecular complexity index is 1680. The first-order chi connectivity index (χ1) is 27.6. The van der Waals surface area contributed by atoms with Crippen molar-refractivity contribution in [2.75, 3.05) is 94.1 Å². The number of nitrogen functional groups attached to an aromatic ring is 1. The van der Waals surface area contributed by atoms with Gasteiger partial charge in [-0.15, -0.1) is 0 Å². The van der Waals surface area contributed by atoms with Gasteiger partial charge in [0.15, 0.2) is 12.4 Å². The van der Waals surface area contributed by atoms with Gasteiger partial charge in [-0.05, 0) is 112 Å². The van der Waals surface area contributed by atoms with Crippen LogP contribution in [-0.2, 0) is 30.1 Å². The zero-order valence-electron chi connectivity index (χ0n) is 36.3. The van der Waals surface area contributed by atoms with Crippen LogP contribution in [0, 0.1) is 27.7 Å². The van der Waals surface area contributed by atoms with Crippen LogP contribution in [0.4, 0.5) is 28.8 Å². The first-order valence-corrected chi connectivity index (χ1v) is 20.2. The van der Waals surface area contributed by atoms with Crippen molar-refractivity contribution >= 4 is 51.2 Å². The average Bonchev–Trinajstić information content (AvgIpc) is 3.89. The number of hydrogen-bond donors (Lipinski definition) is 2. The van der Waals surface area contributed by atoms with Gasteiger partial charge in [0.05, 0.1) is 22.0 Å². The van der Waals surface area contributed by atoms with E-state index in [-0.39, 0.29) is 150 Å². The number of piperidine rings is 3. The normalized spacial score (nSPS) is 23.8. The molecule has 12 heterocycles. The van der Waals surface area contributed by atoms with Gasteiger partial charge in [-0.2, -0.15) is 0 Å². The summed E-state index contributed by atoms with van der Waals surface area (Å²) in [6.07, 6.45) is 12.6. The smallest absolute Gasteiger partial charge is 1.00 e. The van der Waals surface area contributed by atoms with Gasteiger partial charge < -0.3 is 74.8 Å². The van der Waals surface area contributed by atoms with Crippen molar-refractivity contribution in [3.05, 3.63) is 87.1 Å². The minimum absolute atomic E-state index is 0. The Hall–Kier alpha value is -0.665. The molecule has 3 aromatic rings. The van der Waals surface area contributed by atoms with Crippen LogP contribution in [0.2, 0.25) is 0 Å². The Morgan fingerprint density at radius 3 is 1.51 bits per heavy atom. The first kappa shape index (κ1) is 58.4. The molecular weight excluding hydrogens is 1000 g/mol. The molecular formula is C38H56BrK2N12O7Pd-. The zero-order chi connectivity index (χ0) is 40.6. The Kier molecular flexibility index (Phi) is 29.9. The summed E-state index contributed by atoms with van der Waals surface area (Å²) in [5.74, 6) is 0.386. The summed E-state index contributed by atoms with van der Waals surface area (Å²) in [6.45, 7) is 14.2. The van der Waals surface area contributed by atoms with E-state index in [1.165, 1.54) is 121 Å². The van der Waals surface area contributed by atoms with Crippen LogP contribution in [0.25, 0.3) is 0 Å². The standard InChI is InChI=1S/C12H16N4O2.C12H18N4.C7H14N2.C5H3BrN2O2.CH2O3.CH3.2K.Pd.H/c17-16(18)12-2-1-11(9-13-12)15-8-7-14-5-3-10(15)4-6-14;13-12-2-1-11(9-14-12)16-8-7-15-5-3-10(16)4-6-15;1-4-9-5-2-7(1)8-3-6-9;6-4-1-2-5(7-3-4)8(9)10;2-1-4-3;;;;;/h1-2,9-10H,3-8H2;1-2,9-10H,3-8H2,(H2,13,14);7-8H,1-6H2;1-3H;1,3H;1H3;;;;/q;;;;;-1;2*+1;;-1/p-1. The molecule has 0 aromatic carbocycles. The molecule has 61 heavy (non-hydrogen) atoms. The van der Waals surface area contributed by atoms with E-state index in [4.69, 9.17) is 15.8 Å². The summed E-state index contributed by atoms with van der Waals surface area (Å²) in [5.41, 5.74) is 7.86. The Morgan fingerprint density at radius 2 is 1.11 bits per heavy atom. The summed E-state index contributed by atoms with van der Waals surface area (Å²) in [7, 11) is 0. The number of carbonyl (C=O) groups excluding carboxylic acids is 1. The van der Waals surface area contributed by atoms with Crippen molar-refractivity contribution in [2.45, 2.75) is 56.7 Å². The fourth-order valence-corrected chi connectivity index (χ4v) is 8.17.